The van der Waals surface area contributed by atoms with Gasteiger partial charge in [0.05, 0.1) is 0 Å². The van der Waals surface area contributed by atoms with Gasteiger partial charge in [0, 0.05) is 56.1 Å². The van der Waals surface area contributed by atoms with Gasteiger partial charge in [-0.05, 0) is 32.1 Å². The van der Waals surface area contributed by atoms with E-state index in [1.54, 1.807) is 11.3 Å². The fourth-order valence-electron chi connectivity index (χ4n) is 2.96. The lowest BCUT2D eigenvalue weighted by Crippen LogP contribution is -2.49. The average molecular weight is 481 g/mol. The number of piperidine rings is 1. The van der Waals surface area contributed by atoms with Gasteiger partial charge in [0.2, 0.25) is 0 Å². The third-order valence-electron chi connectivity index (χ3n) is 4.41. The molecule has 1 aliphatic heterocycles. The Morgan fingerprint density at radius 1 is 1.38 bits per heavy atom. The van der Waals surface area contributed by atoms with Gasteiger partial charge in [0.1, 0.15) is 4.34 Å². The van der Waals surface area contributed by atoms with Crippen molar-refractivity contribution >= 4 is 53.0 Å². The van der Waals surface area contributed by atoms with Crippen LogP contribution in [-0.2, 0) is 0 Å². The summed E-state index contributed by atoms with van der Waals surface area (Å²) in [5.74, 6) is 2.05. The molecule has 2 heterocycles. The first-order valence-electron chi connectivity index (χ1n) is 8.58. The number of nitrogens with one attached hydrogen (secondary N) is 2. The fraction of sp³-hybridized carbons (Fsp3) is 0.750. The second-order valence-corrected chi connectivity index (χ2v) is 8.42. The molecule has 136 valence electrons. The van der Waals surface area contributed by atoms with Crippen molar-refractivity contribution in [1.82, 2.24) is 20.5 Å². The Hall–Kier alpha value is -0.0600. The van der Waals surface area contributed by atoms with E-state index < -0.39 is 0 Å². The lowest BCUT2D eigenvalue weighted by Gasteiger charge is -2.33. The summed E-state index contributed by atoms with van der Waals surface area (Å²) in [6.45, 7) is 3.44. The molecule has 0 unspecified atom stereocenters. The van der Waals surface area contributed by atoms with Gasteiger partial charge in [-0.2, -0.15) is 0 Å². The van der Waals surface area contributed by atoms with Crippen molar-refractivity contribution in [2.45, 2.75) is 48.5 Å². The van der Waals surface area contributed by atoms with Crippen LogP contribution in [0.1, 0.15) is 32.1 Å². The Labute approximate surface area is 170 Å². The molecule has 1 saturated carbocycles. The number of rotatable bonds is 7. The third kappa shape index (κ3) is 6.68. The van der Waals surface area contributed by atoms with Gasteiger partial charge in [-0.25, -0.2) is 4.98 Å². The quantitative estimate of drug-likeness (QED) is 0.206. The summed E-state index contributed by atoms with van der Waals surface area (Å²) in [5, 5.41) is 9.05. The molecular formula is C16H28IN5S2. The number of thiazole rings is 1. The highest BCUT2D eigenvalue weighted by Crippen LogP contribution is 2.29. The smallest absolute Gasteiger partial charge is 0.191 e. The predicted octanol–water partition coefficient (Wildman–Crippen LogP) is 3.04. The van der Waals surface area contributed by atoms with Crippen LogP contribution in [0.3, 0.4) is 0 Å². The zero-order valence-corrected chi connectivity index (χ0v) is 18.2. The number of guanidine groups is 1. The first-order valence-corrected chi connectivity index (χ1v) is 10.4. The van der Waals surface area contributed by atoms with E-state index in [2.05, 4.69) is 25.5 Å². The van der Waals surface area contributed by atoms with E-state index in [1.165, 1.54) is 38.8 Å². The molecule has 2 aliphatic rings. The lowest BCUT2D eigenvalue weighted by molar-refractivity contribution is 0.197. The van der Waals surface area contributed by atoms with Gasteiger partial charge < -0.3 is 15.5 Å². The van der Waals surface area contributed by atoms with Crippen molar-refractivity contribution in [2.24, 2.45) is 4.99 Å². The van der Waals surface area contributed by atoms with Gasteiger partial charge >= 0.3 is 0 Å². The Bertz CT molecular complexity index is 485. The zero-order valence-electron chi connectivity index (χ0n) is 14.2. The number of likely N-dealkylation sites (tertiary alicyclic amines) is 1. The molecular weight excluding hydrogens is 453 g/mol. The summed E-state index contributed by atoms with van der Waals surface area (Å²) in [7, 11) is 1.86. The largest absolute Gasteiger partial charge is 0.356 e. The normalized spacial score (nSPS) is 19.8. The maximum absolute atomic E-state index is 4.36. The minimum absolute atomic E-state index is 0. The zero-order chi connectivity index (χ0) is 15.9. The van der Waals surface area contributed by atoms with E-state index in [9.17, 15) is 0 Å². The Kier molecular flexibility index (Phi) is 9.13. The highest BCUT2D eigenvalue weighted by Gasteiger charge is 2.31. The van der Waals surface area contributed by atoms with Crippen LogP contribution >= 0.6 is 47.1 Å². The molecule has 0 atom stereocenters. The molecule has 0 aromatic carbocycles. The second kappa shape index (κ2) is 10.8. The molecule has 1 saturated heterocycles. The summed E-state index contributed by atoms with van der Waals surface area (Å²) in [6, 6.07) is 1.48. The molecule has 3 rings (SSSR count). The van der Waals surface area contributed by atoms with Crippen molar-refractivity contribution in [3.63, 3.8) is 0 Å². The summed E-state index contributed by atoms with van der Waals surface area (Å²) < 4.78 is 1.16. The third-order valence-corrected chi connectivity index (χ3v) is 6.46. The highest BCUT2D eigenvalue weighted by atomic mass is 127. The molecule has 1 aromatic heterocycles. The monoisotopic (exact) mass is 481 g/mol. The van der Waals surface area contributed by atoms with Gasteiger partial charge in [0.15, 0.2) is 5.96 Å². The van der Waals surface area contributed by atoms with Crippen LogP contribution in [0.15, 0.2) is 20.9 Å². The van der Waals surface area contributed by atoms with Crippen LogP contribution in [-0.4, -0.2) is 60.4 Å². The number of hydrogen-bond donors (Lipinski definition) is 2. The number of thioether (sulfide) groups is 1. The van der Waals surface area contributed by atoms with Crippen molar-refractivity contribution in [3.8, 4) is 0 Å². The minimum atomic E-state index is 0. The summed E-state index contributed by atoms with van der Waals surface area (Å²) in [4.78, 5) is 11.3. The van der Waals surface area contributed by atoms with Crippen LogP contribution in [0.4, 0.5) is 0 Å². The van der Waals surface area contributed by atoms with Crippen molar-refractivity contribution in [3.05, 3.63) is 11.6 Å². The Balaban J connectivity index is 0.00000208. The molecule has 8 heteroatoms. The van der Waals surface area contributed by atoms with Gasteiger partial charge in [0.25, 0.3) is 0 Å². The van der Waals surface area contributed by atoms with Gasteiger partial charge in [-0.15, -0.1) is 35.3 Å². The van der Waals surface area contributed by atoms with Crippen molar-refractivity contribution in [1.29, 1.82) is 0 Å². The number of halogens is 1. The van der Waals surface area contributed by atoms with Crippen LogP contribution in [0.25, 0.3) is 0 Å². The second-order valence-electron chi connectivity index (χ2n) is 6.18. The summed E-state index contributed by atoms with van der Waals surface area (Å²) in [6.07, 6.45) is 8.28. The fourth-order valence-corrected chi connectivity index (χ4v) is 4.60. The number of hydrogen-bond acceptors (Lipinski definition) is 5. The van der Waals surface area contributed by atoms with Gasteiger partial charge in [-0.3, -0.25) is 4.99 Å². The molecule has 24 heavy (non-hydrogen) atoms. The topological polar surface area (TPSA) is 52.6 Å². The molecule has 0 radical (unpaired) electrons. The molecule has 0 amide bonds. The molecule has 2 N–H and O–H groups in total. The number of aliphatic imine (C=N–C) groups is 1. The first kappa shape index (κ1) is 20.3. The van der Waals surface area contributed by atoms with E-state index in [4.69, 9.17) is 0 Å². The van der Waals surface area contributed by atoms with Crippen molar-refractivity contribution < 1.29 is 0 Å². The Morgan fingerprint density at radius 2 is 2.17 bits per heavy atom. The van der Waals surface area contributed by atoms with E-state index in [-0.39, 0.29) is 24.0 Å². The van der Waals surface area contributed by atoms with Crippen LogP contribution in [0.2, 0.25) is 0 Å². The maximum Gasteiger partial charge on any atom is 0.191 e. The molecule has 1 aromatic rings. The van der Waals surface area contributed by atoms with Crippen molar-refractivity contribution in [2.75, 3.05) is 32.4 Å². The van der Waals surface area contributed by atoms with E-state index in [0.717, 1.165) is 35.1 Å². The van der Waals surface area contributed by atoms with Crippen LogP contribution < -0.4 is 10.6 Å². The van der Waals surface area contributed by atoms with Crippen LogP contribution in [0.5, 0.6) is 0 Å². The minimum Gasteiger partial charge on any atom is -0.356 e. The van der Waals surface area contributed by atoms with Gasteiger partial charge in [-0.1, -0.05) is 11.8 Å². The summed E-state index contributed by atoms with van der Waals surface area (Å²) >= 11 is 3.55. The molecule has 2 fully saturated rings. The standard InChI is InChI=1S/C16H27N5S2.HI/c1-17-15(18-7-2-11-22-16-19-8-12-23-16)20-13-5-9-21(10-6-13)14-3-4-14;/h8,12-14H,2-7,9-11H2,1H3,(H2,17,18,20);1H. The maximum atomic E-state index is 4.36. The van der Waals surface area contributed by atoms with E-state index >= 15 is 0 Å². The SMILES string of the molecule is CN=C(NCCCSc1nccs1)NC1CCN(C2CC2)CC1.I. The molecule has 5 nitrogen and oxygen atoms in total. The predicted molar refractivity (Wildman–Crippen MR) is 115 cm³/mol. The highest BCUT2D eigenvalue weighted by molar-refractivity contribution is 14.0. The molecule has 0 spiro atoms. The molecule has 1 aliphatic carbocycles. The average Bonchev–Trinajstić information content (AvgIpc) is 3.30. The Morgan fingerprint density at radius 3 is 2.79 bits per heavy atom. The lowest BCUT2D eigenvalue weighted by atomic mass is 10.1. The molecule has 0 bridgehead atoms. The summed E-state index contributed by atoms with van der Waals surface area (Å²) in [5.41, 5.74) is 0. The number of aromatic nitrogens is 1. The van der Waals surface area contributed by atoms with E-state index in [0.29, 0.717) is 6.04 Å². The van der Waals surface area contributed by atoms with Crippen LogP contribution in [0, 0.1) is 0 Å². The first-order chi connectivity index (χ1) is 11.3. The number of nitrogens with zero attached hydrogens (tertiary/aromatic N) is 3. The van der Waals surface area contributed by atoms with E-state index in [1.807, 2.05) is 30.4 Å².